The first-order valence-electron chi connectivity index (χ1n) is 7.67. The van der Waals surface area contributed by atoms with E-state index in [0.29, 0.717) is 5.75 Å². The third-order valence-corrected chi connectivity index (χ3v) is 3.63. The summed E-state index contributed by atoms with van der Waals surface area (Å²) in [6.45, 7) is 6.14. The van der Waals surface area contributed by atoms with Crippen molar-refractivity contribution in [1.82, 2.24) is 5.32 Å². The molecule has 0 radical (unpaired) electrons. The molecule has 116 valence electrons. The van der Waals surface area contributed by atoms with Crippen LogP contribution in [0.5, 0.6) is 5.75 Å². The highest BCUT2D eigenvalue weighted by molar-refractivity contribution is 5.77. The summed E-state index contributed by atoms with van der Waals surface area (Å²) < 4.78 is 5.51. The Morgan fingerprint density at radius 3 is 2.14 bits per heavy atom. The number of carbonyl (C=O) groups excluding carboxylic acids is 1. The number of carbonyl (C=O) groups is 1. The Morgan fingerprint density at radius 1 is 1.05 bits per heavy atom. The van der Waals surface area contributed by atoms with Gasteiger partial charge in [-0.2, -0.15) is 0 Å². The molecule has 0 spiro atoms. The van der Waals surface area contributed by atoms with Crippen LogP contribution >= 0.6 is 0 Å². The maximum atomic E-state index is 11.7. The van der Waals surface area contributed by atoms with Crippen LogP contribution in [-0.2, 0) is 4.79 Å². The number of hydrogen-bond donors (Lipinski definition) is 1. The molecule has 2 aromatic carbocycles. The number of ether oxygens (including phenoxy) is 1. The average Bonchev–Trinajstić information content (AvgIpc) is 2.54. The minimum Gasteiger partial charge on any atom is -0.484 e. The molecule has 2 aromatic rings. The summed E-state index contributed by atoms with van der Waals surface area (Å²) in [5.74, 6) is 0.618. The van der Waals surface area contributed by atoms with Gasteiger partial charge in [0, 0.05) is 6.04 Å². The fourth-order valence-electron chi connectivity index (χ4n) is 2.06. The molecular formula is C19H23NO2. The lowest BCUT2D eigenvalue weighted by Crippen LogP contribution is -2.35. The van der Waals surface area contributed by atoms with Gasteiger partial charge in [0.1, 0.15) is 5.75 Å². The second-order valence-corrected chi connectivity index (χ2v) is 5.56. The quantitative estimate of drug-likeness (QED) is 0.876. The van der Waals surface area contributed by atoms with Gasteiger partial charge in [-0.05, 0) is 43.5 Å². The van der Waals surface area contributed by atoms with Crippen molar-refractivity contribution in [2.24, 2.45) is 0 Å². The van der Waals surface area contributed by atoms with Gasteiger partial charge in [-0.25, -0.2) is 0 Å². The highest BCUT2D eigenvalue weighted by Gasteiger charge is 2.06. The van der Waals surface area contributed by atoms with E-state index in [-0.39, 0.29) is 18.6 Å². The van der Waals surface area contributed by atoms with Crippen LogP contribution in [0.1, 0.15) is 25.8 Å². The molecule has 0 aliphatic rings. The lowest BCUT2D eigenvalue weighted by atomic mass is 10.0. The number of nitrogens with one attached hydrogen (secondary N) is 1. The van der Waals surface area contributed by atoms with Gasteiger partial charge in [0.25, 0.3) is 5.91 Å². The first-order chi connectivity index (χ1) is 10.6. The summed E-state index contributed by atoms with van der Waals surface area (Å²) >= 11 is 0. The Labute approximate surface area is 132 Å². The van der Waals surface area contributed by atoms with Crippen LogP contribution in [0, 0.1) is 6.92 Å². The molecule has 0 aliphatic carbocycles. The van der Waals surface area contributed by atoms with E-state index in [1.165, 1.54) is 11.1 Å². The SMILES string of the molecule is CC[C@H](C)NC(=O)COc1ccc(-c2ccc(C)cc2)cc1. The number of aryl methyl sites for hydroxylation is 1. The first-order valence-corrected chi connectivity index (χ1v) is 7.67. The smallest absolute Gasteiger partial charge is 0.258 e. The molecule has 0 fully saturated rings. The monoisotopic (exact) mass is 297 g/mol. The van der Waals surface area contributed by atoms with Gasteiger partial charge in [0.2, 0.25) is 0 Å². The van der Waals surface area contributed by atoms with Crippen molar-refractivity contribution in [1.29, 1.82) is 0 Å². The summed E-state index contributed by atoms with van der Waals surface area (Å²) in [6.07, 6.45) is 0.914. The predicted molar refractivity (Wildman–Crippen MR) is 90.0 cm³/mol. The van der Waals surface area contributed by atoms with E-state index in [1.54, 1.807) is 0 Å². The third-order valence-electron chi connectivity index (χ3n) is 3.63. The van der Waals surface area contributed by atoms with Gasteiger partial charge < -0.3 is 10.1 Å². The van der Waals surface area contributed by atoms with Crippen LogP contribution in [0.4, 0.5) is 0 Å². The number of amides is 1. The van der Waals surface area contributed by atoms with Crippen LogP contribution in [-0.4, -0.2) is 18.6 Å². The third kappa shape index (κ3) is 4.62. The minimum atomic E-state index is -0.0861. The van der Waals surface area contributed by atoms with Crippen molar-refractivity contribution >= 4 is 5.91 Å². The molecule has 1 amide bonds. The summed E-state index contributed by atoms with van der Waals surface area (Å²) in [7, 11) is 0. The molecule has 3 nitrogen and oxygen atoms in total. The molecule has 0 bridgehead atoms. The zero-order chi connectivity index (χ0) is 15.9. The average molecular weight is 297 g/mol. The van der Waals surface area contributed by atoms with E-state index in [4.69, 9.17) is 4.74 Å². The Hall–Kier alpha value is -2.29. The summed E-state index contributed by atoms with van der Waals surface area (Å²) in [5.41, 5.74) is 3.55. The molecular weight excluding hydrogens is 274 g/mol. The van der Waals surface area contributed by atoms with Crippen LogP contribution in [0.2, 0.25) is 0 Å². The zero-order valence-corrected chi connectivity index (χ0v) is 13.4. The second kappa shape index (κ2) is 7.64. The van der Waals surface area contributed by atoms with Crippen LogP contribution in [0.3, 0.4) is 0 Å². The fourth-order valence-corrected chi connectivity index (χ4v) is 2.06. The van der Waals surface area contributed by atoms with Crippen molar-refractivity contribution in [3.8, 4) is 16.9 Å². The molecule has 1 atom stereocenters. The summed E-state index contributed by atoms with van der Waals surface area (Å²) in [5, 5.41) is 2.88. The van der Waals surface area contributed by atoms with Crippen LogP contribution < -0.4 is 10.1 Å². The van der Waals surface area contributed by atoms with E-state index >= 15 is 0 Å². The fraction of sp³-hybridized carbons (Fsp3) is 0.316. The Balaban J connectivity index is 1.92. The van der Waals surface area contributed by atoms with E-state index in [1.807, 2.05) is 38.1 Å². The van der Waals surface area contributed by atoms with E-state index in [2.05, 4.69) is 36.5 Å². The second-order valence-electron chi connectivity index (χ2n) is 5.56. The molecule has 0 aliphatic heterocycles. The molecule has 0 saturated carbocycles. The molecule has 1 N–H and O–H groups in total. The van der Waals surface area contributed by atoms with Gasteiger partial charge in [-0.3, -0.25) is 4.79 Å². The topological polar surface area (TPSA) is 38.3 Å². The number of benzene rings is 2. The van der Waals surface area contributed by atoms with Gasteiger partial charge in [-0.15, -0.1) is 0 Å². The normalized spacial score (nSPS) is 11.8. The van der Waals surface area contributed by atoms with Crippen molar-refractivity contribution in [2.75, 3.05) is 6.61 Å². The van der Waals surface area contributed by atoms with E-state index in [0.717, 1.165) is 12.0 Å². The maximum Gasteiger partial charge on any atom is 0.258 e. The van der Waals surface area contributed by atoms with Crippen LogP contribution in [0.15, 0.2) is 48.5 Å². The minimum absolute atomic E-state index is 0.0498. The van der Waals surface area contributed by atoms with Crippen molar-refractivity contribution in [3.05, 3.63) is 54.1 Å². The largest absolute Gasteiger partial charge is 0.484 e. The van der Waals surface area contributed by atoms with Crippen LogP contribution in [0.25, 0.3) is 11.1 Å². The Kier molecular flexibility index (Phi) is 5.59. The lowest BCUT2D eigenvalue weighted by Gasteiger charge is -2.12. The predicted octanol–water partition coefficient (Wildman–Crippen LogP) is 3.96. The number of hydrogen-bond acceptors (Lipinski definition) is 2. The first kappa shape index (κ1) is 16.1. The van der Waals surface area contributed by atoms with Crippen molar-refractivity contribution in [3.63, 3.8) is 0 Å². The molecule has 3 heteroatoms. The van der Waals surface area contributed by atoms with Crippen molar-refractivity contribution < 1.29 is 9.53 Å². The lowest BCUT2D eigenvalue weighted by molar-refractivity contribution is -0.123. The van der Waals surface area contributed by atoms with E-state index < -0.39 is 0 Å². The Morgan fingerprint density at radius 2 is 1.59 bits per heavy atom. The summed E-state index contributed by atoms with van der Waals surface area (Å²) in [6, 6.07) is 16.4. The maximum absolute atomic E-state index is 11.7. The summed E-state index contributed by atoms with van der Waals surface area (Å²) in [4.78, 5) is 11.7. The molecule has 0 unspecified atom stereocenters. The highest BCUT2D eigenvalue weighted by atomic mass is 16.5. The standard InChI is InChI=1S/C19H23NO2/c1-4-15(3)20-19(21)13-22-18-11-9-17(10-12-18)16-7-5-14(2)6-8-16/h5-12,15H,4,13H2,1-3H3,(H,20,21)/t15-/m0/s1. The number of rotatable bonds is 6. The molecule has 22 heavy (non-hydrogen) atoms. The van der Waals surface area contributed by atoms with Gasteiger partial charge in [0.05, 0.1) is 0 Å². The van der Waals surface area contributed by atoms with Gasteiger partial charge in [-0.1, -0.05) is 48.9 Å². The van der Waals surface area contributed by atoms with Gasteiger partial charge >= 0.3 is 0 Å². The van der Waals surface area contributed by atoms with Gasteiger partial charge in [0.15, 0.2) is 6.61 Å². The molecule has 2 rings (SSSR count). The Bertz CT molecular complexity index is 602. The van der Waals surface area contributed by atoms with Crippen molar-refractivity contribution in [2.45, 2.75) is 33.2 Å². The van der Waals surface area contributed by atoms with E-state index in [9.17, 15) is 4.79 Å². The zero-order valence-electron chi connectivity index (χ0n) is 13.4. The molecule has 0 saturated heterocycles. The molecule has 0 heterocycles. The molecule has 0 aromatic heterocycles. The highest BCUT2D eigenvalue weighted by Crippen LogP contribution is 2.22.